The number of carbonyl (C=O) groups excluding carboxylic acids is 1. The average molecular weight is 379 g/mol. The van der Waals surface area contributed by atoms with Crippen molar-refractivity contribution >= 4 is 5.91 Å². The number of likely N-dealkylation sites (tertiary alicyclic amines) is 1. The summed E-state index contributed by atoms with van der Waals surface area (Å²) in [7, 11) is 0. The first-order chi connectivity index (χ1) is 13.7. The van der Waals surface area contributed by atoms with E-state index in [0.29, 0.717) is 36.4 Å². The SMILES string of the molecule is Cc1c[nH]c(C(=O)N2C[C@@H](c3ccc4c(c3)OCO4)[C@@H]3[C@H]2C2CCN3CC2)c1. The highest BCUT2D eigenvalue weighted by Crippen LogP contribution is 2.48. The van der Waals surface area contributed by atoms with E-state index in [-0.39, 0.29) is 5.91 Å². The minimum atomic E-state index is 0.139. The fourth-order valence-corrected chi connectivity index (χ4v) is 5.87. The van der Waals surface area contributed by atoms with Crippen molar-refractivity contribution in [2.24, 2.45) is 5.92 Å². The summed E-state index contributed by atoms with van der Waals surface area (Å²) in [5.74, 6) is 2.70. The number of hydrogen-bond donors (Lipinski definition) is 1. The summed E-state index contributed by atoms with van der Waals surface area (Å²) in [5, 5.41) is 0. The normalized spacial score (nSPS) is 32.6. The van der Waals surface area contributed by atoms with Gasteiger partial charge in [-0.2, -0.15) is 0 Å². The van der Waals surface area contributed by atoms with Crippen molar-refractivity contribution in [3.05, 3.63) is 47.3 Å². The molecule has 1 amide bonds. The number of nitrogens with one attached hydrogen (secondary N) is 1. The third-order valence-corrected chi connectivity index (χ3v) is 7.14. The number of carbonyl (C=O) groups is 1. The molecule has 0 aliphatic carbocycles. The van der Waals surface area contributed by atoms with Crippen LogP contribution >= 0.6 is 0 Å². The van der Waals surface area contributed by atoms with Gasteiger partial charge < -0.3 is 19.4 Å². The predicted octanol–water partition coefficient (Wildman–Crippen LogP) is 2.75. The standard InChI is InChI=1S/C22H25N3O3/c1-13-8-17(23-10-13)22(26)25-11-16(15-2-3-18-19(9-15)28-12-27-18)21-20(25)14-4-6-24(21)7-5-14/h2-3,8-10,14,16,20-21,23H,4-7,11-12H2,1H3/t16-,20+,21+/m0/s1. The van der Waals surface area contributed by atoms with Gasteiger partial charge in [-0.15, -0.1) is 0 Å². The second-order valence-corrected chi connectivity index (χ2v) is 8.62. The number of hydrogen-bond acceptors (Lipinski definition) is 4. The number of rotatable bonds is 2. The molecule has 0 unspecified atom stereocenters. The van der Waals surface area contributed by atoms with Crippen molar-refractivity contribution in [3.63, 3.8) is 0 Å². The fourth-order valence-electron chi connectivity index (χ4n) is 5.87. The van der Waals surface area contributed by atoms with Gasteiger partial charge in [0.25, 0.3) is 5.91 Å². The first-order valence-electron chi connectivity index (χ1n) is 10.3. The van der Waals surface area contributed by atoms with E-state index in [0.717, 1.165) is 36.7 Å². The summed E-state index contributed by atoms with van der Waals surface area (Å²) in [6.45, 7) is 5.37. The average Bonchev–Trinajstić information content (AvgIpc) is 3.46. The first kappa shape index (κ1) is 16.5. The Labute approximate surface area is 164 Å². The summed E-state index contributed by atoms with van der Waals surface area (Å²) < 4.78 is 11.1. The van der Waals surface area contributed by atoms with E-state index in [4.69, 9.17) is 9.47 Å². The van der Waals surface area contributed by atoms with Gasteiger partial charge in [0.15, 0.2) is 11.5 Å². The fraction of sp³-hybridized carbons (Fsp3) is 0.500. The molecule has 6 heterocycles. The smallest absolute Gasteiger partial charge is 0.270 e. The van der Waals surface area contributed by atoms with E-state index in [1.54, 1.807) is 0 Å². The molecule has 1 N–H and O–H groups in total. The first-order valence-corrected chi connectivity index (χ1v) is 10.3. The Balaban J connectivity index is 1.38. The van der Waals surface area contributed by atoms with Crippen LogP contribution in [0.15, 0.2) is 30.5 Å². The molecule has 4 fully saturated rings. The molecule has 4 saturated heterocycles. The van der Waals surface area contributed by atoms with Gasteiger partial charge in [-0.05, 0) is 68.1 Å². The quantitative estimate of drug-likeness (QED) is 0.872. The number of H-pyrrole nitrogens is 1. The van der Waals surface area contributed by atoms with Crippen LogP contribution in [0.1, 0.15) is 40.4 Å². The molecule has 6 nitrogen and oxygen atoms in total. The summed E-state index contributed by atoms with van der Waals surface area (Å²) >= 11 is 0. The third kappa shape index (κ3) is 2.33. The van der Waals surface area contributed by atoms with E-state index in [9.17, 15) is 4.79 Å². The second kappa shape index (κ2) is 6.01. The molecule has 146 valence electrons. The van der Waals surface area contributed by atoms with Crippen LogP contribution in [-0.4, -0.2) is 59.2 Å². The molecular formula is C22H25N3O3. The van der Waals surface area contributed by atoms with Crippen LogP contribution in [0.2, 0.25) is 0 Å². The van der Waals surface area contributed by atoms with Crippen molar-refractivity contribution in [2.45, 2.75) is 37.8 Å². The molecule has 0 radical (unpaired) electrons. The molecule has 28 heavy (non-hydrogen) atoms. The Morgan fingerprint density at radius 1 is 1.11 bits per heavy atom. The van der Waals surface area contributed by atoms with Gasteiger partial charge >= 0.3 is 0 Å². The van der Waals surface area contributed by atoms with E-state index in [2.05, 4.69) is 26.9 Å². The van der Waals surface area contributed by atoms with Crippen LogP contribution in [0.25, 0.3) is 0 Å². The highest BCUT2D eigenvalue weighted by Gasteiger charge is 2.54. The highest BCUT2D eigenvalue weighted by atomic mass is 16.7. The number of fused-ring (bicyclic) bond motifs is 3. The van der Waals surface area contributed by atoms with Gasteiger partial charge in [0, 0.05) is 24.7 Å². The van der Waals surface area contributed by atoms with Gasteiger partial charge in [0.05, 0.1) is 6.04 Å². The molecule has 5 aliphatic heterocycles. The van der Waals surface area contributed by atoms with Crippen LogP contribution < -0.4 is 9.47 Å². The number of aromatic nitrogens is 1. The van der Waals surface area contributed by atoms with Crippen molar-refractivity contribution in [3.8, 4) is 11.5 Å². The Kier molecular flexibility index (Phi) is 3.54. The molecule has 0 spiro atoms. The third-order valence-electron chi connectivity index (χ3n) is 7.14. The van der Waals surface area contributed by atoms with Crippen LogP contribution in [0, 0.1) is 12.8 Å². The van der Waals surface area contributed by atoms with Crippen molar-refractivity contribution < 1.29 is 14.3 Å². The number of aromatic amines is 1. The molecule has 2 bridgehead atoms. The molecule has 3 atom stereocenters. The van der Waals surface area contributed by atoms with Gasteiger partial charge in [-0.25, -0.2) is 0 Å². The van der Waals surface area contributed by atoms with Crippen molar-refractivity contribution in [1.29, 1.82) is 0 Å². The largest absolute Gasteiger partial charge is 0.454 e. The van der Waals surface area contributed by atoms with Gasteiger partial charge in [-0.1, -0.05) is 6.07 Å². The Bertz CT molecular complexity index is 931. The maximum atomic E-state index is 13.4. The van der Waals surface area contributed by atoms with E-state index in [1.807, 2.05) is 25.3 Å². The molecule has 6 heteroatoms. The summed E-state index contributed by atoms with van der Waals surface area (Å²) in [4.78, 5) is 21.3. The lowest BCUT2D eigenvalue weighted by Crippen LogP contribution is -2.60. The van der Waals surface area contributed by atoms with E-state index in [1.165, 1.54) is 18.4 Å². The van der Waals surface area contributed by atoms with Crippen LogP contribution in [-0.2, 0) is 0 Å². The maximum absolute atomic E-state index is 13.4. The molecular weight excluding hydrogens is 354 g/mol. The van der Waals surface area contributed by atoms with Gasteiger partial charge in [0.1, 0.15) is 5.69 Å². The number of nitrogens with zero attached hydrogens (tertiary/aromatic N) is 2. The lowest BCUT2D eigenvalue weighted by atomic mass is 9.75. The topological polar surface area (TPSA) is 57.8 Å². The number of aryl methyl sites for hydroxylation is 1. The van der Waals surface area contributed by atoms with Crippen LogP contribution in [0.5, 0.6) is 11.5 Å². The molecule has 0 saturated carbocycles. The van der Waals surface area contributed by atoms with Crippen molar-refractivity contribution in [2.75, 3.05) is 26.4 Å². The Hall–Kier alpha value is -2.47. The molecule has 2 aromatic rings. The Morgan fingerprint density at radius 3 is 2.71 bits per heavy atom. The zero-order valence-corrected chi connectivity index (χ0v) is 16.1. The van der Waals surface area contributed by atoms with Gasteiger partial charge in [-0.3, -0.25) is 9.69 Å². The number of amides is 1. The van der Waals surface area contributed by atoms with Gasteiger partial charge in [0.2, 0.25) is 6.79 Å². The minimum absolute atomic E-state index is 0.139. The zero-order valence-electron chi connectivity index (χ0n) is 16.1. The number of piperidine rings is 3. The Morgan fingerprint density at radius 2 is 1.93 bits per heavy atom. The minimum Gasteiger partial charge on any atom is -0.454 e. The predicted molar refractivity (Wildman–Crippen MR) is 104 cm³/mol. The number of benzene rings is 1. The van der Waals surface area contributed by atoms with Crippen LogP contribution in [0.3, 0.4) is 0 Å². The molecule has 7 rings (SSSR count). The molecule has 5 aliphatic rings. The number of ether oxygens (including phenoxy) is 2. The lowest BCUT2D eigenvalue weighted by molar-refractivity contribution is -0.00357. The molecule has 1 aromatic carbocycles. The van der Waals surface area contributed by atoms with E-state index < -0.39 is 0 Å². The highest BCUT2D eigenvalue weighted by molar-refractivity contribution is 5.93. The van der Waals surface area contributed by atoms with Crippen molar-refractivity contribution in [1.82, 2.24) is 14.8 Å². The summed E-state index contributed by atoms with van der Waals surface area (Å²) in [5.41, 5.74) is 3.06. The maximum Gasteiger partial charge on any atom is 0.270 e. The lowest BCUT2D eigenvalue weighted by Gasteiger charge is -2.51. The van der Waals surface area contributed by atoms with Crippen LogP contribution in [0.4, 0.5) is 0 Å². The molecule has 1 aromatic heterocycles. The van der Waals surface area contributed by atoms with E-state index >= 15 is 0 Å². The summed E-state index contributed by atoms with van der Waals surface area (Å²) in [6, 6.07) is 8.96. The summed E-state index contributed by atoms with van der Waals surface area (Å²) in [6.07, 6.45) is 4.30. The monoisotopic (exact) mass is 379 g/mol. The zero-order chi connectivity index (χ0) is 18.8. The second-order valence-electron chi connectivity index (χ2n) is 8.62.